The first kappa shape index (κ1) is 12.3. The molecule has 0 radical (unpaired) electrons. The normalized spacial score (nSPS) is 10.5. The number of aromatic amines is 1. The summed E-state index contributed by atoms with van der Waals surface area (Å²) in [5.41, 5.74) is 0.681. The van der Waals surface area contributed by atoms with Crippen LogP contribution < -0.4 is 0 Å². The number of hydrogen-bond acceptors (Lipinski definition) is 4. The van der Waals surface area contributed by atoms with Gasteiger partial charge in [-0.3, -0.25) is 9.89 Å². The molecule has 0 bridgehead atoms. The van der Waals surface area contributed by atoms with Gasteiger partial charge >= 0.3 is 0 Å². The zero-order valence-electron chi connectivity index (χ0n) is 9.32. The van der Waals surface area contributed by atoms with Crippen molar-refractivity contribution in [3.05, 3.63) is 34.1 Å². The molecule has 0 aliphatic carbocycles. The van der Waals surface area contributed by atoms with Gasteiger partial charge in [-0.25, -0.2) is 4.98 Å². The first-order valence-electron chi connectivity index (χ1n) is 4.93. The largest absolute Gasteiger partial charge is 0.294 e. The molecule has 17 heavy (non-hydrogen) atoms. The number of carbonyl (C=O) groups is 1. The van der Waals surface area contributed by atoms with Crippen LogP contribution in [0.3, 0.4) is 0 Å². The Balaban J connectivity index is 2.23. The van der Waals surface area contributed by atoms with Crippen LogP contribution in [0.2, 0.25) is 0 Å². The average Bonchev–Trinajstić information content (AvgIpc) is 2.63. The van der Waals surface area contributed by atoms with E-state index in [0.717, 1.165) is 15.2 Å². The van der Waals surface area contributed by atoms with Gasteiger partial charge in [-0.2, -0.15) is 0 Å². The SMILES string of the molecule is CC(=O)c1ccc(Sc2n[nH]c(C)n2)cc1Br. The van der Waals surface area contributed by atoms with Crippen molar-refractivity contribution in [1.29, 1.82) is 0 Å². The Kier molecular flexibility index (Phi) is 3.63. The van der Waals surface area contributed by atoms with E-state index in [1.807, 2.05) is 19.1 Å². The van der Waals surface area contributed by atoms with Gasteiger partial charge in [0, 0.05) is 14.9 Å². The smallest absolute Gasteiger partial charge is 0.213 e. The molecule has 2 rings (SSSR count). The van der Waals surface area contributed by atoms with Crippen molar-refractivity contribution in [2.45, 2.75) is 23.9 Å². The Morgan fingerprint density at radius 1 is 1.47 bits per heavy atom. The average molecular weight is 312 g/mol. The molecule has 0 aliphatic rings. The lowest BCUT2D eigenvalue weighted by Crippen LogP contribution is -1.93. The molecule has 0 saturated heterocycles. The number of carbonyl (C=O) groups excluding carboxylic acids is 1. The molecule has 0 unspecified atom stereocenters. The molecular formula is C11H10BrN3OS. The minimum Gasteiger partial charge on any atom is -0.294 e. The summed E-state index contributed by atoms with van der Waals surface area (Å²) < 4.78 is 0.794. The Bertz CT molecular complexity index is 568. The summed E-state index contributed by atoms with van der Waals surface area (Å²) in [7, 11) is 0. The Morgan fingerprint density at radius 3 is 2.76 bits per heavy atom. The zero-order valence-corrected chi connectivity index (χ0v) is 11.7. The van der Waals surface area contributed by atoms with Crippen LogP contribution in [0.5, 0.6) is 0 Å². The van der Waals surface area contributed by atoms with Crippen LogP contribution >= 0.6 is 27.7 Å². The third kappa shape index (κ3) is 2.95. The highest BCUT2D eigenvalue weighted by atomic mass is 79.9. The monoisotopic (exact) mass is 311 g/mol. The van der Waals surface area contributed by atoms with Crippen LogP contribution in [-0.2, 0) is 0 Å². The lowest BCUT2D eigenvalue weighted by atomic mass is 10.2. The summed E-state index contributed by atoms with van der Waals surface area (Å²) in [6.45, 7) is 3.40. The van der Waals surface area contributed by atoms with E-state index in [1.165, 1.54) is 11.8 Å². The van der Waals surface area contributed by atoms with Gasteiger partial charge in [0.1, 0.15) is 5.82 Å². The second kappa shape index (κ2) is 5.01. The van der Waals surface area contributed by atoms with E-state index in [2.05, 4.69) is 31.1 Å². The molecule has 1 heterocycles. The summed E-state index contributed by atoms with van der Waals surface area (Å²) in [5, 5.41) is 7.50. The van der Waals surface area contributed by atoms with E-state index < -0.39 is 0 Å². The van der Waals surface area contributed by atoms with E-state index >= 15 is 0 Å². The molecule has 6 heteroatoms. The number of ketones is 1. The van der Waals surface area contributed by atoms with E-state index in [4.69, 9.17) is 0 Å². The fourth-order valence-corrected chi connectivity index (χ4v) is 2.93. The molecule has 0 spiro atoms. The molecule has 1 aromatic heterocycles. The number of aryl methyl sites for hydroxylation is 1. The van der Waals surface area contributed by atoms with Crippen LogP contribution in [0.1, 0.15) is 23.1 Å². The predicted molar refractivity (Wildman–Crippen MR) is 69.4 cm³/mol. The zero-order chi connectivity index (χ0) is 12.4. The van der Waals surface area contributed by atoms with Gasteiger partial charge < -0.3 is 0 Å². The summed E-state index contributed by atoms with van der Waals surface area (Å²) in [6, 6.07) is 5.58. The highest BCUT2D eigenvalue weighted by molar-refractivity contribution is 9.10. The molecule has 88 valence electrons. The lowest BCUT2D eigenvalue weighted by Gasteiger charge is -2.02. The maximum Gasteiger partial charge on any atom is 0.213 e. The molecule has 0 fully saturated rings. The van der Waals surface area contributed by atoms with Crippen LogP contribution in [-0.4, -0.2) is 21.0 Å². The van der Waals surface area contributed by atoms with Crippen molar-refractivity contribution in [2.24, 2.45) is 0 Å². The number of aromatic nitrogens is 3. The number of nitrogens with one attached hydrogen (secondary N) is 1. The maximum absolute atomic E-state index is 11.3. The number of H-pyrrole nitrogens is 1. The molecule has 1 N–H and O–H groups in total. The fourth-order valence-electron chi connectivity index (χ4n) is 1.32. The van der Waals surface area contributed by atoms with Gasteiger partial charge in [-0.1, -0.05) is 15.9 Å². The van der Waals surface area contributed by atoms with Crippen molar-refractivity contribution < 1.29 is 4.79 Å². The molecule has 1 aromatic carbocycles. The van der Waals surface area contributed by atoms with Gasteiger partial charge in [0.2, 0.25) is 5.16 Å². The molecule has 0 amide bonds. The minimum atomic E-state index is 0.0437. The third-order valence-corrected chi connectivity index (χ3v) is 3.62. The number of Topliss-reactive ketones (excluding diaryl/α,β-unsaturated/α-hetero) is 1. The summed E-state index contributed by atoms with van der Waals surface area (Å²) in [6.07, 6.45) is 0. The van der Waals surface area contributed by atoms with Crippen LogP contribution in [0.4, 0.5) is 0 Å². The molecule has 0 aliphatic heterocycles. The van der Waals surface area contributed by atoms with Gasteiger partial charge in [0.25, 0.3) is 0 Å². The van der Waals surface area contributed by atoms with Crippen LogP contribution in [0, 0.1) is 6.92 Å². The van der Waals surface area contributed by atoms with E-state index in [-0.39, 0.29) is 5.78 Å². The second-order valence-electron chi connectivity index (χ2n) is 3.50. The van der Waals surface area contributed by atoms with Crippen LogP contribution in [0.25, 0.3) is 0 Å². The molecule has 0 saturated carbocycles. The van der Waals surface area contributed by atoms with Gasteiger partial charge in [-0.15, -0.1) is 5.10 Å². The molecule has 4 nitrogen and oxygen atoms in total. The number of nitrogens with zero attached hydrogens (tertiary/aromatic N) is 2. The lowest BCUT2D eigenvalue weighted by molar-refractivity contribution is 0.101. The first-order valence-corrected chi connectivity index (χ1v) is 6.54. The predicted octanol–water partition coefficient (Wildman–Crippen LogP) is 3.23. The van der Waals surface area contributed by atoms with Gasteiger partial charge in [0.05, 0.1) is 0 Å². The van der Waals surface area contributed by atoms with Crippen molar-refractivity contribution >= 4 is 33.5 Å². The van der Waals surface area contributed by atoms with E-state index in [9.17, 15) is 4.79 Å². The minimum absolute atomic E-state index is 0.0437. The van der Waals surface area contributed by atoms with Crippen molar-refractivity contribution in [3.63, 3.8) is 0 Å². The summed E-state index contributed by atoms with van der Waals surface area (Å²) in [4.78, 5) is 16.5. The van der Waals surface area contributed by atoms with Gasteiger partial charge in [-0.05, 0) is 43.8 Å². The highest BCUT2D eigenvalue weighted by Crippen LogP contribution is 2.29. The fraction of sp³-hybridized carbons (Fsp3) is 0.182. The number of benzene rings is 1. The van der Waals surface area contributed by atoms with Crippen molar-refractivity contribution in [2.75, 3.05) is 0 Å². The highest BCUT2D eigenvalue weighted by Gasteiger charge is 2.08. The summed E-state index contributed by atoms with van der Waals surface area (Å²) >= 11 is 4.83. The first-order chi connectivity index (χ1) is 8.06. The molecule has 0 atom stereocenters. The summed E-state index contributed by atoms with van der Waals surface area (Å²) in [5.74, 6) is 0.828. The number of hydrogen-bond donors (Lipinski definition) is 1. The quantitative estimate of drug-likeness (QED) is 0.884. The van der Waals surface area contributed by atoms with E-state index in [1.54, 1.807) is 13.0 Å². The number of halogens is 1. The van der Waals surface area contributed by atoms with Crippen molar-refractivity contribution in [1.82, 2.24) is 15.2 Å². The third-order valence-electron chi connectivity index (χ3n) is 2.11. The standard InChI is InChI=1S/C11H10BrN3OS/c1-6(16)9-4-3-8(5-10(9)12)17-11-13-7(2)14-15-11/h3-5H,1-2H3,(H,13,14,15). The molecular weight excluding hydrogens is 302 g/mol. The van der Waals surface area contributed by atoms with Crippen molar-refractivity contribution in [3.8, 4) is 0 Å². The van der Waals surface area contributed by atoms with Gasteiger partial charge in [0.15, 0.2) is 5.78 Å². The maximum atomic E-state index is 11.3. The van der Waals surface area contributed by atoms with Crippen LogP contribution in [0.15, 0.2) is 32.7 Å². The Morgan fingerprint density at radius 2 is 2.24 bits per heavy atom. The molecule has 2 aromatic rings. The Labute approximate surface area is 111 Å². The second-order valence-corrected chi connectivity index (χ2v) is 5.40. The topological polar surface area (TPSA) is 58.6 Å². The van der Waals surface area contributed by atoms with E-state index in [0.29, 0.717) is 10.7 Å². The number of rotatable bonds is 3. The Hall–Kier alpha value is -1.14.